The molecule has 0 spiro atoms. The first-order valence-corrected chi connectivity index (χ1v) is 11.3. The van der Waals surface area contributed by atoms with Crippen LogP contribution >= 0.6 is 15.9 Å². The van der Waals surface area contributed by atoms with Crippen LogP contribution in [0.4, 0.5) is 11.4 Å². The van der Waals surface area contributed by atoms with Crippen LogP contribution in [0.3, 0.4) is 0 Å². The van der Waals surface area contributed by atoms with Gasteiger partial charge in [-0.1, -0.05) is 30.3 Å². The molecular formula is C25H21BrN2O6. The first kappa shape index (κ1) is 22.2. The van der Waals surface area contributed by atoms with Gasteiger partial charge in [-0.25, -0.2) is 9.96 Å². The zero-order chi connectivity index (χ0) is 24.0. The fourth-order valence-electron chi connectivity index (χ4n) is 4.52. The first-order chi connectivity index (χ1) is 16.5. The molecule has 2 saturated heterocycles. The molecule has 2 aliphatic rings. The van der Waals surface area contributed by atoms with Gasteiger partial charge >= 0.3 is 0 Å². The number of methoxy groups -OCH3 is 2. The average Bonchev–Trinajstić information content (AvgIpc) is 3.37. The van der Waals surface area contributed by atoms with Crippen LogP contribution in [0.2, 0.25) is 0 Å². The number of phenols is 1. The Morgan fingerprint density at radius 3 is 2.29 bits per heavy atom. The molecular weight excluding hydrogens is 504 g/mol. The molecule has 1 N–H and O–H groups in total. The van der Waals surface area contributed by atoms with E-state index in [9.17, 15) is 14.7 Å². The smallest absolute Gasteiger partial charge is 0.266 e. The topological polar surface area (TPSA) is 88.5 Å². The summed E-state index contributed by atoms with van der Waals surface area (Å²) >= 11 is 3.36. The van der Waals surface area contributed by atoms with Gasteiger partial charge in [-0.15, -0.1) is 0 Å². The van der Waals surface area contributed by atoms with Crippen molar-refractivity contribution in [2.24, 2.45) is 5.92 Å². The largest absolute Gasteiger partial charge is 0.503 e. The molecule has 3 aromatic carbocycles. The van der Waals surface area contributed by atoms with Gasteiger partial charge in [0, 0.05) is 0 Å². The van der Waals surface area contributed by atoms with Crippen LogP contribution in [0.5, 0.6) is 17.2 Å². The highest BCUT2D eigenvalue weighted by atomic mass is 79.9. The summed E-state index contributed by atoms with van der Waals surface area (Å²) < 4.78 is 11.1. The Labute approximate surface area is 204 Å². The number of anilines is 2. The van der Waals surface area contributed by atoms with E-state index in [1.165, 1.54) is 14.2 Å². The van der Waals surface area contributed by atoms with Gasteiger partial charge in [-0.3, -0.25) is 14.4 Å². The highest BCUT2D eigenvalue weighted by Crippen LogP contribution is 2.50. The number of amides is 2. The molecule has 0 aliphatic carbocycles. The van der Waals surface area contributed by atoms with Crippen molar-refractivity contribution in [3.63, 3.8) is 0 Å². The van der Waals surface area contributed by atoms with Crippen molar-refractivity contribution < 1.29 is 29.0 Å². The van der Waals surface area contributed by atoms with E-state index in [4.69, 9.17) is 14.3 Å². The van der Waals surface area contributed by atoms with Crippen molar-refractivity contribution in [3.8, 4) is 17.2 Å². The van der Waals surface area contributed by atoms with Crippen molar-refractivity contribution in [3.05, 3.63) is 76.8 Å². The second-order valence-electron chi connectivity index (χ2n) is 7.90. The number of carbonyl (C=O) groups is 2. The quantitative estimate of drug-likeness (QED) is 0.499. The van der Waals surface area contributed by atoms with Crippen LogP contribution in [0.25, 0.3) is 0 Å². The lowest BCUT2D eigenvalue weighted by Crippen LogP contribution is -2.37. The summed E-state index contributed by atoms with van der Waals surface area (Å²) in [5.74, 6) is -1.11. The maximum Gasteiger partial charge on any atom is 0.266 e. The van der Waals surface area contributed by atoms with Gasteiger partial charge in [0.1, 0.15) is 11.7 Å². The number of benzene rings is 3. The van der Waals surface area contributed by atoms with Crippen LogP contribution in [-0.2, 0) is 14.4 Å². The van der Waals surface area contributed by atoms with Gasteiger partial charge < -0.3 is 14.6 Å². The van der Waals surface area contributed by atoms with Crippen molar-refractivity contribution in [2.45, 2.75) is 12.1 Å². The van der Waals surface area contributed by atoms with Crippen molar-refractivity contribution >= 4 is 39.1 Å². The Bertz CT molecular complexity index is 1270. The summed E-state index contributed by atoms with van der Waals surface area (Å²) in [6.07, 6.45) is -1.03. The number of fused-ring (bicyclic) bond motifs is 1. The normalized spacial score (nSPS) is 21.7. The Kier molecular flexibility index (Phi) is 5.66. The molecule has 2 amide bonds. The zero-order valence-corrected chi connectivity index (χ0v) is 19.9. The predicted octanol–water partition coefficient (Wildman–Crippen LogP) is 4.22. The molecule has 9 heteroatoms. The van der Waals surface area contributed by atoms with Gasteiger partial charge in [-0.2, -0.15) is 0 Å². The summed E-state index contributed by atoms with van der Waals surface area (Å²) in [6, 6.07) is 18.8. The maximum absolute atomic E-state index is 13.8. The molecule has 3 atom stereocenters. The highest BCUT2D eigenvalue weighted by Gasteiger charge is 2.60. The second kappa shape index (κ2) is 8.66. The number of imide groups is 1. The molecule has 3 aromatic rings. The minimum atomic E-state index is -1.03. The van der Waals surface area contributed by atoms with Gasteiger partial charge in [0.2, 0.25) is 5.91 Å². The summed E-state index contributed by atoms with van der Waals surface area (Å²) in [5, 5.41) is 11.9. The molecule has 34 heavy (non-hydrogen) atoms. The van der Waals surface area contributed by atoms with Crippen LogP contribution in [0, 0.1) is 5.92 Å². The molecule has 2 aliphatic heterocycles. The number of hydroxylamine groups is 1. The summed E-state index contributed by atoms with van der Waals surface area (Å²) in [6.45, 7) is 0. The average molecular weight is 525 g/mol. The number of nitrogens with zero attached hydrogens (tertiary/aromatic N) is 2. The van der Waals surface area contributed by atoms with E-state index in [-0.39, 0.29) is 11.5 Å². The third kappa shape index (κ3) is 3.39. The number of ether oxygens (including phenoxy) is 2. The third-order valence-corrected chi connectivity index (χ3v) is 6.67. The van der Waals surface area contributed by atoms with E-state index in [1.54, 1.807) is 41.5 Å². The Balaban J connectivity index is 1.64. The Morgan fingerprint density at radius 1 is 0.912 bits per heavy atom. The standard InChI is InChI=1S/C25H21BrN2O6/c1-32-18-11-7-6-10-17(18)27-24(30)20-21(14-12-16(26)22(29)19(13-14)33-2)28(34-23(20)25(27)31)15-8-4-3-5-9-15/h3-13,20-21,23,29H,1-2H3. The second-order valence-corrected chi connectivity index (χ2v) is 8.75. The fraction of sp³-hybridized carbons (Fsp3) is 0.200. The van der Waals surface area contributed by atoms with Crippen LogP contribution in [-0.4, -0.2) is 37.2 Å². The zero-order valence-electron chi connectivity index (χ0n) is 18.3. The fourth-order valence-corrected chi connectivity index (χ4v) is 4.98. The van der Waals surface area contributed by atoms with Crippen molar-refractivity contribution in [1.29, 1.82) is 0 Å². The summed E-state index contributed by atoms with van der Waals surface area (Å²) in [4.78, 5) is 34.6. The van der Waals surface area contributed by atoms with Gasteiger partial charge in [0.05, 0.1) is 36.1 Å². The Morgan fingerprint density at radius 2 is 1.59 bits per heavy atom. The van der Waals surface area contributed by atoms with E-state index in [0.29, 0.717) is 27.2 Å². The number of hydrogen-bond acceptors (Lipinski definition) is 7. The number of rotatable bonds is 5. The lowest BCUT2D eigenvalue weighted by atomic mass is 9.90. The van der Waals surface area contributed by atoms with Gasteiger partial charge in [0.15, 0.2) is 17.6 Å². The van der Waals surface area contributed by atoms with Crippen molar-refractivity contribution in [1.82, 2.24) is 0 Å². The highest BCUT2D eigenvalue weighted by molar-refractivity contribution is 9.10. The molecule has 0 aromatic heterocycles. The summed E-state index contributed by atoms with van der Waals surface area (Å²) in [5.41, 5.74) is 1.70. The molecule has 8 nitrogen and oxygen atoms in total. The molecule has 0 radical (unpaired) electrons. The molecule has 3 unspecified atom stereocenters. The molecule has 174 valence electrons. The molecule has 2 heterocycles. The molecule has 0 bridgehead atoms. The minimum absolute atomic E-state index is 0.0579. The van der Waals surface area contributed by atoms with Gasteiger partial charge in [-0.05, 0) is 57.9 Å². The SMILES string of the molecule is COc1ccccc1N1C(=O)C2ON(c3ccccc3)C(c3cc(Br)c(O)c(OC)c3)C2C1=O. The first-order valence-electron chi connectivity index (χ1n) is 10.5. The molecule has 2 fully saturated rings. The van der Waals surface area contributed by atoms with E-state index in [2.05, 4.69) is 15.9 Å². The lowest BCUT2D eigenvalue weighted by molar-refractivity contribution is -0.126. The van der Waals surface area contributed by atoms with E-state index < -0.39 is 29.9 Å². The Hall–Kier alpha value is -3.56. The number of halogens is 1. The lowest BCUT2D eigenvalue weighted by Gasteiger charge is -2.29. The van der Waals surface area contributed by atoms with Crippen LogP contribution < -0.4 is 19.4 Å². The summed E-state index contributed by atoms with van der Waals surface area (Å²) in [7, 11) is 2.93. The number of carbonyl (C=O) groups excluding carboxylic acids is 2. The number of aromatic hydroxyl groups is 1. The third-order valence-electron chi connectivity index (χ3n) is 6.06. The van der Waals surface area contributed by atoms with E-state index in [1.807, 2.05) is 30.3 Å². The monoisotopic (exact) mass is 524 g/mol. The molecule has 5 rings (SSSR count). The van der Waals surface area contributed by atoms with Crippen molar-refractivity contribution in [2.75, 3.05) is 24.2 Å². The number of para-hydroxylation sites is 3. The van der Waals surface area contributed by atoms with E-state index >= 15 is 0 Å². The van der Waals surface area contributed by atoms with Gasteiger partial charge in [0.25, 0.3) is 5.91 Å². The maximum atomic E-state index is 13.8. The number of phenolic OH excluding ortho intramolecular Hbond substituents is 1. The predicted molar refractivity (Wildman–Crippen MR) is 128 cm³/mol. The van der Waals surface area contributed by atoms with Crippen LogP contribution in [0.1, 0.15) is 11.6 Å². The minimum Gasteiger partial charge on any atom is -0.503 e. The van der Waals surface area contributed by atoms with E-state index in [0.717, 1.165) is 4.90 Å². The molecule has 0 saturated carbocycles. The van der Waals surface area contributed by atoms with Crippen LogP contribution in [0.15, 0.2) is 71.2 Å². The number of hydrogen-bond donors (Lipinski definition) is 1.